The molecule has 1 aromatic carbocycles. The average Bonchev–Trinajstić information content (AvgIpc) is 2.88. The van der Waals surface area contributed by atoms with Crippen LogP contribution in [0.1, 0.15) is 39.2 Å². The van der Waals surface area contributed by atoms with E-state index in [1.165, 1.54) is 0 Å². The molecule has 21 heavy (non-hydrogen) atoms. The lowest BCUT2D eigenvalue weighted by Crippen LogP contribution is -2.41. The monoisotopic (exact) mass is 311 g/mol. The molecule has 2 rings (SSSR count). The quantitative estimate of drug-likeness (QED) is 0.929. The Morgan fingerprint density at radius 1 is 1.29 bits per heavy atom. The molecule has 0 bridgehead atoms. The van der Waals surface area contributed by atoms with Gasteiger partial charge < -0.3 is 5.11 Å². The number of sulfonamides is 1. The Balaban J connectivity index is 2.53. The lowest BCUT2D eigenvalue weighted by Gasteiger charge is -2.27. The molecule has 1 aliphatic rings. The van der Waals surface area contributed by atoms with Crippen molar-refractivity contribution < 1.29 is 18.3 Å². The van der Waals surface area contributed by atoms with Gasteiger partial charge in [0.25, 0.3) is 0 Å². The Bertz CT molecular complexity index is 646. The molecular formula is C15H21NO4S. The van der Waals surface area contributed by atoms with E-state index in [1.54, 1.807) is 24.3 Å². The van der Waals surface area contributed by atoms with Crippen LogP contribution < -0.4 is 0 Å². The van der Waals surface area contributed by atoms with Crippen molar-refractivity contribution in [3.8, 4) is 0 Å². The van der Waals surface area contributed by atoms with Gasteiger partial charge in [0.15, 0.2) is 0 Å². The molecule has 0 radical (unpaired) electrons. The normalized spacial score (nSPS) is 20.6. The van der Waals surface area contributed by atoms with Gasteiger partial charge in [-0.25, -0.2) is 8.42 Å². The molecule has 0 aliphatic carbocycles. The molecule has 0 spiro atoms. The van der Waals surface area contributed by atoms with E-state index in [0.29, 0.717) is 18.4 Å². The topological polar surface area (TPSA) is 74.7 Å². The van der Waals surface area contributed by atoms with Crippen LogP contribution in [0.15, 0.2) is 29.2 Å². The number of nitrogens with zero attached hydrogens (tertiary/aromatic N) is 1. The molecule has 0 saturated carbocycles. The van der Waals surface area contributed by atoms with Crippen LogP contribution in [0.3, 0.4) is 0 Å². The van der Waals surface area contributed by atoms with Crippen molar-refractivity contribution in [1.29, 1.82) is 0 Å². The Labute approximate surface area is 125 Å². The van der Waals surface area contributed by atoms with Gasteiger partial charge in [-0.1, -0.05) is 39.0 Å². The fourth-order valence-electron chi connectivity index (χ4n) is 2.71. The largest absolute Gasteiger partial charge is 0.480 e. The summed E-state index contributed by atoms with van der Waals surface area (Å²) >= 11 is 0. The second-order valence-electron chi connectivity index (χ2n) is 6.36. The van der Waals surface area contributed by atoms with Gasteiger partial charge in [-0.3, -0.25) is 4.79 Å². The number of benzene rings is 1. The van der Waals surface area contributed by atoms with Gasteiger partial charge in [-0.15, -0.1) is 0 Å². The van der Waals surface area contributed by atoms with Crippen LogP contribution in [0.5, 0.6) is 0 Å². The zero-order valence-corrected chi connectivity index (χ0v) is 13.4. The summed E-state index contributed by atoms with van der Waals surface area (Å²) in [6.07, 6.45) is 0.945. The summed E-state index contributed by atoms with van der Waals surface area (Å²) in [6.45, 7) is 6.10. The first-order valence-corrected chi connectivity index (χ1v) is 8.44. The predicted octanol–water partition coefficient (Wildman–Crippen LogP) is 2.22. The Morgan fingerprint density at radius 2 is 1.90 bits per heavy atom. The summed E-state index contributed by atoms with van der Waals surface area (Å²) in [4.78, 5) is 11.5. The summed E-state index contributed by atoms with van der Waals surface area (Å²) < 4.78 is 26.9. The number of hydrogen-bond acceptors (Lipinski definition) is 3. The van der Waals surface area contributed by atoms with Crippen LogP contribution in [0.25, 0.3) is 0 Å². The molecule has 1 heterocycles. The standard InChI is InChI=1S/C15H21NO4S/c1-15(2,3)11-7-4-5-9-13(11)21(19,20)16-10-6-8-12(16)14(17)18/h4-5,7,9,12H,6,8,10H2,1-3H3,(H,17,18). The first kappa shape index (κ1) is 16.0. The molecule has 1 aromatic rings. The van der Waals surface area contributed by atoms with Crippen molar-refractivity contribution >= 4 is 16.0 Å². The van der Waals surface area contributed by atoms with Gasteiger partial charge in [-0.2, -0.15) is 4.31 Å². The first-order chi connectivity index (χ1) is 9.65. The highest BCUT2D eigenvalue weighted by Gasteiger charge is 2.41. The molecule has 1 atom stereocenters. The van der Waals surface area contributed by atoms with Crippen molar-refractivity contribution in [1.82, 2.24) is 4.31 Å². The van der Waals surface area contributed by atoms with Crippen molar-refractivity contribution in [3.05, 3.63) is 29.8 Å². The zero-order chi connectivity index (χ0) is 15.8. The van der Waals surface area contributed by atoms with E-state index in [0.717, 1.165) is 4.31 Å². The fraction of sp³-hybridized carbons (Fsp3) is 0.533. The number of hydrogen-bond donors (Lipinski definition) is 1. The Morgan fingerprint density at radius 3 is 2.48 bits per heavy atom. The molecule has 6 heteroatoms. The summed E-state index contributed by atoms with van der Waals surface area (Å²) in [5.41, 5.74) is 0.378. The molecule has 1 aliphatic heterocycles. The highest BCUT2D eigenvalue weighted by molar-refractivity contribution is 7.89. The Kier molecular flexibility index (Phi) is 4.13. The summed E-state index contributed by atoms with van der Waals surface area (Å²) in [7, 11) is -3.79. The van der Waals surface area contributed by atoms with E-state index in [2.05, 4.69) is 0 Å². The maximum atomic E-state index is 12.9. The van der Waals surface area contributed by atoms with Crippen LogP contribution >= 0.6 is 0 Å². The number of carbonyl (C=O) groups is 1. The van der Waals surface area contributed by atoms with Crippen molar-refractivity contribution in [2.24, 2.45) is 0 Å². The second-order valence-corrected chi connectivity index (χ2v) is 8.22. The summed E-state index contributed by atoms with van der Waals surface area (Å²) in [5.74, 6) is -1.08. The van der Waals surface area contributed by atoms with E-state index in [4.69, 9.17) is 0 Å². The Hall–Kier alpha value is -1.40. The highest BCUT2D eigenvalue weighted by atomic mass is 32.2. The van der Waals surface area contributed by atoms with Crippen LogP contribution in [0.4, 0.5) is 0 Å². The lowest BCUT2D eigenvalue weighted by molar-refractivity contribution is -0.140. The highest BCUT2D eigenvalue weighted by Crippen LogP contribution is 2.33. The molecule has 0 aromatic heterocycles. The SMILES string of the molecule is CC(C)(C)c1ccccc1S(=O)(=O)N1CCCC1C(=O)O. The van der Waals surface area contributed by atoms with E-state index in [9.17, 15) is 18.3 Å². The third kappa shape index (κ3) is 2.96. The maximum Gasteiger partial charge on any atom is 0.322 e. The second kappa shape index (κ2) is 5.42. The minimum Gasteiger partial charge on any atom is -0.480 e. The molecule has 1 fully saturated rings. The molecular weight excluding hydrogens is 290 g/mol. The number of aliphatic carboxylic acids is 1. The van der Waals surface area contributed by atoms with E-state index in [1.807, 2.05) is 20.8 Å². The van der Waals surface area contributed by atoms with Crippen LogP contribution in [0.2, 0.25) is 0 Å². The summed E-state index contributed by atoms with van der Waals surface area (Å²) in [5, 5.41) is 9.22. The minimum atomic E-state index is -3.79. The molecule has 1 N–H and O–H groups in total. The molecule has 1 saturated heterocycles. The van der Waals surface area contributed by atoms with Crippen LogP contribution in [-0.2, 0) is 20.2 Å². The molecule has 116 valence electrons. The van der Waals surface area contributed by atoms with Crippen molar-refractivity contribution in [2.45, 2.75) is 50.0 Å². The number of carboxylic acid groups (broad SMARTS) is 1. The third-order valence-corrected chi connectivity index (χ3v) is 5.74. The van der Waals surface area contributed by atoms with Gasteiger partial charge in [0.2, 0.25) is 10.0 Å². The maximum absolute atomic E-state index is 12.9. The third-order valence-electron chi connectivity index (χ3n) is 3.77. The molecule has 5 nitrogen and oxygen atoms in total. The molecule has 0 amide bonds. The van der Waals surface area contributed by atoms with Gasteiger partial charge in [-0.05, 0) is 29.9 Å². The fourth-order valence-corrected chi connectivity index (χ4v) is 4.77. The summed E-state index contributed by atoms with van der Waals surface area (Å²) in [6, 6.07) is 5.88. The van der Waals surface area contributed by atoms with Crippen LogP contribution in [0, 0.1) is 0 Å². The number of rotatable bonds is 3. The van der Waals surface area contributed by atoms with E-state index < -0.39 is 22.0 Å². The predicted molar refractivity (Wildman–Crippen MR) is 79.7 cm³/mol. The van der Waals surface area contributed by atoms with E-state index >= 15 is 0 Å². The zero-order valence-electron chi connectivity index (χ0n) is 12.5. The average molecular weight is 311 g/mol. The van der Waals surface area contributed by atoms with Gasteiger partial charge >= 0.3 is 5.97 Å². The van der Waals surface area contributed by atoms with Gasteiger partial charge in [0.05, 0.1) is 4.90 Å². The van der Waals surface area contributed by atoms with Crippen LogP contribution in [-0.4, -0.2) is 36.4 Å². The minimum absolute atomic E-state index is 0.214. The van der Waals surface area contributed by atoms with Gasteiger partial charge in [0.1, 0.15) is 6.04 Å². The van der Waals surface area contributed by atoms with Gasteiger partial charge in [0, 0.05) is 6.54 Å². The lowest BCUT2D eigenvalue weighted by atomic mass is 9.87. The first-order valence-electron chi connectivity index (χ1n) is 7.00. The van der Waals surface area contributed by atoms with Crippen molar-refractivity contribution in [2.75, 3.05) is 6.54 Å². The smallest absolute Gasteiger partial charge is 0.322 e. The number of carboxylic acids is 1. The van der Waals surface area contributed by atoms with E-state index in [-0.39, 0.29) is 16.9 Å². The van der Waals surface area contributed by atoms with Crippen molar-refractivity contribution in [3.63, 3.8) is 0 Å². The molecule has 1 unspecified atom stereocenters.